The maximum absolute atomic E-state index is 11.6. The third-order valence-electron chi connectivity index (χ3n) is 8.34. The zero-order valence-corrected chi connectivity index (χ0v) is 20.6. The van der Waals surface area contributed by atoms with Crippen molar-refractivity contribution in [2.75, 3.05) is 20.1 Å². The predicted molar refractivity (Wildman–Crippen MR) is 144 cm³/mol. The molecule has 1 fully saturated rings. The highest BCUT2D eigenvalue weighted by Gasteiger charge is 2.46. The molecule has 1 aromatic heterocycles. The molecule has 3 aliphatic rings. The van der Waals surface area contributed by atoms with Crippen LogP contribution in [0.4, 0.5) is 0 Å². The average Bonchev–Trinajstić information content (AvgIpc) is 3.30. The summed E-state index contributed by atoms with van der Waals surface area (Å²) in [6.45, 7) is 1.94. The van der Waals surface area contributed by atoms with Gasteiger partial charge in [0.1, 0.15) is 5.82 Å². The molecule has 0 amide bonds. The molecule has 2 N–H and O–H groups in total. The Morgan fingerprint density at radius 3 is 2.66 bits per heavy atom. The SMILES string of the molecule is CN(CCCc1nc2ccccc2[nH]1)CCC1(O)CC2CCC1C=C2c1ccc2ccccc2c1. The third-order valence-corrected chi connectivity index (χ3v) is 8.34. The molecule has 7 rings (SSSR count). The van der Waals surface area contributed by atoms with E-state index in [2.05, 4.69) is 77.6 Å². The normalized spacial score (nSPS) is 23.9. The van der Waals surface area contributed by atoms with Crippen molar-refractivity contribution in [2.24, 2.45) is 11.8 Å². The van der Waals surface area contributed by atoms with Crippen molar-refractivity contribution in [3.05, 3.63) is 84.2 Å². The molecule has 35 heavy (non-hydrogen) atoms. The van der Waals surface area contributed by atoms with E-state index in [4.69, 9.17) is 4.98 Å². The number of rotatable bonds is 8. The number of benzene rings is 3. The van der Waals surface area contributed by atoms with Crippen molar-refractivity contribution in [1.82, 2.24) is 14.9 Å². The lowest BCUT2D eigenvalue weighted by Crippen LogP contribution is -2.48. The van der Waals surface area contributed by atoms with E-state index < -0.39 is 5.60 Å². The molecular weight excluding hydrogens is 430 g/mol. The van der Waals surface area contributed by atoms with E-state index in [1.807, 2.05) is 12.1 Å². The zero-order valence-electron chi connectivity index (χ0n) is 20.6. The van der Waals surface area contributed by atoms with Crippen LogP contribution in [0.15, 0.2) is 72.8 Å². The van der Waals surface area contributed by atoms with Gasteiger partial charge in [-0.25, -0.2) is 4.98 Å². The molecule has 0 spiro atoms. The van der Waals surface area contributed by atoms with Gasteiger partial charge in [0, 0.05) is 18.9 Å². The fourth-order valence-corrected chi connectivity index (χ4v) is 6.31. The maximum Gasteiger partial charge on any atom is 0.107 e. The topological polar surface area (TPSA) is 52.2 Å². The highest BCUT2D eigenvalue weighted by Crippen LogP contribution is 2.51. The van der Waals surface area contributed by atoms with Gasteiger partial charge in [0.15, 0.2) is 0 Å². The number of hydrogen-bond donors (Lipinski definition) is 2. The Balaban J connectivity index is 1.06. The fraction of sp³-hybridized carbons (Fsp3) is 0.387. The fourth-order valence-electron chi connectivity index (χ4n) is 6.31. The molecule has 0 radical (unpaired) electrons. The van der Waals surface area contributed by atoms with E-state index in [1.54, 1.807) is 0 Å². The van der Waals surface area contributed by atoms with Gasteiger partial charge in [-0.2, -0.15) is 0 Å². The van der Waals surface area contributed by atoms with Crippen molar-refractivity contribution in [3.8, 4) is 0 Å². The smallest absolute Gasteiger partial charge is 0.107 e. The van der Waals surface area contributed by atoms with Crippen LogP contribution in [0.25, 0.3) is 27.4 Å². The first-order valence-electron chi connectivity index (χ1n) is 13.1. The average molecular weight is 466 g/mol. The number of nitrogens with one attached hydrogen (secondary N) is 1. The van der Waals surface area contributed by atoms with Gasteiger partial charge in [-0.1, -0.05) is 54.6 Å². The lowest BCUT2D eigenvalue weighted by molar-refractivity contribution is -0.0574. The number of hydrogen-bond acceptors (Lipinski definition) is 3. The highest BCUT2D eigenvalue weighted by atomic mass is 16.3. The summed E-state index contributed by atoms with van der Waals surface area (Å²) in [6, 6.07) is 23.6. The standard InChI is InChI=1S/C31H35N3O/c1-34(17-6-11-30-32-28-9-4-5-10-29(28)33-30)18-16-31(35)21-25-14-15-26(31)20-27(25)24-13-12-22-7-2-3-8-23(22)19-24/h2-5,7-10,12-13,19-20,25-26,35H,6,11,14-18,21H2,1H3,(H,32,33). The first-order chi connectivity index (χ1) is 17.1. The van der Waals surface area contributed by atoms with E-state index in [1.165, 1.54) is 28.3 Å². The molecule has 1 saturated carbocycles. The Kier molecular flexibility index (Phi) is 5.95. The van der Waals surface area contributed by atoms with Crippen LogP contribution in [-0.2, 0) is 6.42 Å². The molecule has 3 aliphatic carbocycles. The van der Waals surface area contributed by atoms with E-state index in [0.29, 0.717) is 5.92 Å². The lowest BCUT2D eigenvalue weighted by Gasteiger charge is -2.48. The molecule has 2 bridgehead atoms. The Bertz CT molecular complexity index is 1340. The summed E-state index contributed by atoms with van der Waals surface area (Å²) in [5.41, 5.74) is 4.37. The molecular formula is C31H35N3O. The van der Waals surface area contributed by atoms with Crippen molar-refractivity contribution in [1.29, 1.82) is 0 Å². The second kappa shape index (κ2) is 9.25. The van der Waals surface area contributed by atoms with Gasteiger partial charge < -0.3 is 15.0 Å². The van der Waals surface area contributed by atoms with E-state index in [9.17, 15) is 5.11 Å². The third kappa shape index (κ3) is 4.53. The van der Waals surface area contributed by atoms with Crippen molar-refractivity contribution in [2.45, 2.75) is 44.1 Å². The van der Waals surface area contributed by atoms with Crippen molar-refractivity contribution >= 4 is 27.4 Å². The molecule has 180 valence electrons. The number of para-hydroxylation sites is 2. The van der Waals surface area contributed by atoms with Gasteiger partial charge in [-0.3, -0.25) is 0 Å². The summed E-state index contributed by atoms with van der Waals surface area (Å²) in [4.78, 5) is 10.5. The van der Waals surface area contributed by atoms with Crippen LogP contribution in [0.5, 0.6) is 0 Å². The molecule has 0 saturated heterocycles. The van der Waals surface area contributed by atoms with Crippen molar-refractivity contribution < 1.29 is 5.11 Å². The highest BCUT2D eigenvalue weighted by molar-refractivity contribution is 5.87. The summed E-state index contributed by atoms with van der Waals surface area (Å²) in [5.74, 6) is 1.79. The molecule has 1 heterocycles. The van der Waals surface area contributed by atoms with Crippen LogP contribution >= 0.6 is 0 Å². The summed E-state index contributed by atoms with van der Waals surface area (Å²) >= 11 is 0. The minimum absolute atomic E-state index is 0.262. The van der Waals surface area contributed by atoms with E-state index in [-0.39, 0.29) is 5.92 Å². The quantitative estimate of drug-likeness (QED) is 0.325. The molecule has 0 aliphatic heterocycles. The number of aromatic nitrogens is 2. The Morgan fingerprint density at radius 1 is 1.00 bits per heavy atom. The minimum atomic E-state index is -0.573. The van der Waals surface area contributed by atoms with Gasteiger partial charge in [-0.15, -0.1) is 0 Å². The van der Waals surface area contributed by atoms with Crippen LogP contribution in [0.3, 0.4) is 0 Å². The summed E-state index contributed by atoms with van der Waals surface area (Å²) < 4.78 is 0. The van der Waals surface area contributed by atoms with Crippen LogP contribution < -0.4 is 0 Å². The Labute approximate surface area is 207 Å². The monoisotopic (exact) mass is 465 g/mol. The molecule has 4 nitrogen and oxygen atoms in total. The summed E-state index contributed by atoms with van der Waals surface area (Å²) in [5, 5.41) is 14.2. The number of fused-ring (bicyclic) bond motifs is 4. The minimum Gasteiger partial charge on any atom is -0.389 e. The number of aromatic amines is 1. The number of H-pyrrole nitrogens is 1. The van der Waals surface area contributed by atoms with Gasteiger partial charge in [0.05, 0.1) is 16.6 Å². The van der Waals surface area contributed by atoms with Crippen LogP contribution in [0.1, 0.15) is 43.5 Å². The summed E-state index contributed by atoms with van der Waals surface area (Å²) in [7, 11) is 2.18. The number of imidazole rings is 1. The number of aliphatic hydroxyl groups is 1. The molecule has 3 atom stereocenters. The predicted octanol–water partition coefficient (Wildman–Crippen LogP) is 6.22. The van der Waals surface area contributed by atoms with Crippen LogP contribution in [0.2, 0.25) is 0 Å². The van der Waals surface area contributed by atoms with Crippen LogP contribution in [-0.4, -0.2) is 45.7 Å². The van der Waals surface area contributed by atoms with Gasteiger partial charge in [0.25, 0.3) is 0 Å². The largest absolute Gasteiger partial charge is 0.389 e. The first-order valence-corrected chi connectivity index (χ1v) is 13.1. The molecule has 3 aromatic carbocycles. The number of aryl methyl sites for hydroxylation is 1. The molecule has 4 aromatic rings. The maximum atomic E-state index is 11.6. The molecule has 4 heteroatoms. The van der Waals surface area contributed by atoms with Crippen molar-refractivity contribution in [3.63, 3.8) is 0 Å². The number of allylic oxidation sites excluding steroid dienone is 1. The van der Waals surface area contributed by atoms with Gasteiger partial charge >= 0.3 is 0 Å². The second-order valence-corrected chi connectivity index (χ2v) is 10.7. The van der Waals surface area contributed by atoms with Gasteiger partial charge in [0.2, 0.25) is 0 Å². The van der Waals surface area contributed by atoms with Crippen LogP contribution in [0, 0.1) is 11.8 Å². The molecule has 3 unspecified atom stereocenters. The van der Waals surface area contributed by atoms with Gasteiger partial charge in [-0.05, 0) is 91.7 Å². The Hall–Kier alpha value is -2.95. The van der Waals surface area contributed by atoms with E-state index in [0.717, 1.165) is 62.1 Å². The Morgan fingerprint density at radius 2 is 1.83 bits per heavy atom. The first kappa shape index (κ1) is 22.5. The van der Waals surface area contributed by atoms with E-state index >= 15 is 0 Å². The lowest BCUT2D eigenvalue weighted by atomic mass is 9.61. The number of nitrogens with zero attached hydrogens (tertiary/aromatic N) is 2. The summed E-state index contributed by atoms with van der Waals surface area (Å²) in [6.07, 6.45) is 8.45. The zero-order chi connectivity index (χ0) is 23.8. The second-order valence-electron chi connectivity index (χ2n) is 10.7.